The Morgan fingerprint density at radius 3 is 2.53 bits per heavy atom. The van der Waals surface area contributed by atoms with Gasteiger partial charge in [-0.05, 0) is 72.8 Å². The number of halogens is 1. The van der Waals surface area contributed by atoms with Crippen molar-refractivity contribution in [1.82, 2.24) is 0 Å². The van der Waals surface area contributed by atoms with E-state index in [1.54, 1.807) is 60.7 Å². The SMILES string of the molecule is CCOc1cc(/C=C2\SC(=O)N(c3ccc(Cl)cc3)C2=O)ccc1OCc1ccccc1C#N. The predicted octanol–water partition coefficient (Wildman–Crippen LogP) is 6.43. The van der Waals surface area contributed by atoms with Crippen LogP contribution in [0.1, 0.15) is 23.6 Å². The van der Waals surface area contributed by atoms with E-state index in [9.17, 15) is 14.9 Å². The van der Waals surface area contributed by atoms with E-state index in [1.165, 1.54) is 0 Å². The highest BCUT2D eigenvalue weighted by molar-refractivity contribution is 8.19. The van der Waals surface area contributed by atoms with Crippen LogP contribution in [0.15, 0.2) is 71.6 Å². The van der Waals surface area contributed by atoms with Gasteiger partial charge in [0.25, 0.3) is 11.1 Å². The molecule has 6 nitrogen and oxygen atoms in total. The van der Waals surface area contributed by atoms with Crippen LogP contribution < -0.4 is 14.4 Å². The molecular weight excluding hydrogens is 472 g/mol. The lowest BCUT2D eigenvalue weighted by Gasteiger charge is -2.13. The van der Waals surface area contributed by atoms with E-state index in [0.29, 0.717) is 44.8 Å². The molecule has 1 aliphatic rings. The third-order valence-electron chi connectivity index (χ3n) is 4.96. The summed E-state index contributed by atoms with van der Waals surface area (Å²) in [6.45, 7) is 2.49. The number of hydrogen-bond acceptors (Lipinski definition) is 6. The Balaban J connectivity index is 1.56. The third kappa shape index (κ3) is 5.09. The number of amides is 2. The highest BCUT2D eigenvalue weighted by Gasteiger charge is 2.36. The number of carbonyl (C=O) groups is 2. The standard InChI is InChI=1S/C26H19ClN2O4S/c1-2-32-23-13-17(7-12-22(23)33-16-19-6-4-3-5-18(19)15-28)14-24-25(30)29(26(31)34-24)21-10-8-20(27)9-11-21/h3-14H,2,16H2,1H3/b24-14-. The molecule has 1 aliphatic heterocycles. The number of anilines is 1. The van der Waals surface area contributed by atoms with Crippen molar-refractivity contribution in [2.75, 3.05) is 11.5 Å². The molecule has 0 unspecified atom stereocenters. The minimum Gasteiger partial charge on any atom is -0.490 e. The van der Waals surface area contributed by atoms with E-state index in [2.05, 4.69) is 6.07 Å². The van der Waals surface area contributed by atoms with Crippen molar-refractivity contribution in [1.29, 1.82) is 5.26 Å². The molecule has 0 radical (unpaired) electrons. The molecule has 0 aliphatic carbocycles. The van der Waals surface area contributed by atoms with Gasteiger partial charge >= 0.3 is 0 Å². The van der Waals surface area contributed by atoms with Crippen LogP contribution in [0, 0.1) is 11.3 Å². The van der Waals surface area contributed by atoms with Crippen LogP contribution in [-0.4, -0.2) is 17.8 Å². The molecule has 0 aromatic heterocycles. The maximum Gasteiger partial charge on any atom is 0.298 e. The molecule has 1 heterocycles. The molecule has 170 valence electrons. The maximum absolute atomic E-state index is 12.9. The molecule has 34 heavy (non-hydrogen) atoms. The monoisotopic (exact) mass is 490 g/mol. The Bertz CT molecular complexity index is 1320. The van der Waals surface area contributed by atoms with Gasteiger partial charge in [-0.1, -0.05) is 35.9 Å². The average Bonchev–Trinajstić information content (AvgIpc) is 3.12. The zero-order valence-electron chi connectivity index (χ0n) is 18.2. The van der Waals surface area contributed by atoms with Gasteiger partial charge in [0.1, 0.15) is 6.61 Å². The van der Waals surface area contributed by atoms with Gasteiger partial charge in [-0.25, -0.2) is 4.90 Å². The van der Waals surface area contributed by atoms with Crippen LogP contribution in [0.4, 0.5) is 10.5 Å². The number of benzene rings is 3. The Kier molecular flexibility index (Phi) is 7.21. The normalized spacial score (nSPS) is 14.4. The van der Waals surface area contributed by atoms with E-state index in [-0.39, 0.29) is 11.8 Å². The average molecular weight is 491 g/mol. The second-order valence-electron chi connectivity index (χ2n) is 7.19. The molecule has 1 saturated heterocycles. The van der Waals surface area contributed by atoms with Crippen molar-refractivity contribution in [3.63, 3.8) is 0 Å². The lowest BCUT2D eigenvalue weighted by molar-refractivity contribution is -0.113. The number of ether oxygens (including phenoxy) is 2. The Hall–Kier alpha value is -3.73. The number of thioether (sulfide) groups is 1. The summed E-state index contributed by atoms with van der Waals surface area (Å²) < 4.78 is 11.7. The summed E-state index contributed by atoms with van der Waals surface area (Å²) in [5, 5.41) is 9.42. The first kappa shape index (κ1) is 23.4. The fourth-order valence-electron chi connectivity index (χ4n) is 3.34. The summed E-state index contributed by atoms with van der Waals surface area (Å²) in [7, 11) is 0. The first-order chi connectivity index (χ1) is 16.5. The molecule has 8 heteroatoms. The van der Waals surface area contributed by atoms with E-state index in [0.717, 1.165) is 22.2 Å². The topological polar surface area (TPSA) is 79.6 Å². The van der Waals surface area contributed by atoms with E-state index in [4.69, 9.17) is 21.1 Å². The smallest absolute Gasteiger partial charge is 0.298 e. The predicted molar refractivity (Wildman–Crippen MR) is 133 cm³/mol. The van der Waals surface area contributed by atoms with Crippen molar-refractivity contribution in [3.8, 4) is 17.6 Å². The van der Waals surface area contributed by atoms with E-state index in [1.807, 2.05) is 19.1 Å². The number of nitrogens with zero attached hydrogens (tertiary/aromatic N) is 2. The summed E-state index contributed by atoms with van der Waals surface area (Å²) in [5.74, 6) is 0.618. The van der Waals surface area contributed by atoms with Gasteiger partial charge in [0.05, 0.1) is 28.8 Å². The number of hydrogen-bond donors (Lipinski definition) is 0. The minimum atomic E-state index is -0.399. The summed E-state index contributed by atoms with van der Waals surface area (Å²) in [4.78, 5) is 26.8. The summed E-state index contributed by atoms with van der Waals surface area (Å²) in [5.41, 5.74) is 2.47. The molecule has 1 fully saturated rings. The fraction of sp³-hybridized carbons (Fsp3) is 0.115. The molecule has 2 amide bonds. The molecule has 4 rings (SSSR count). The lowest BCUT2D eigenvalue weighted by Crippen LogP contribution is -2.27. The second kappa shape index (κ2) is 10.5. The second-order valence-corrected chi connectivity index (χ2v) is 8.62. The first-order valence-electron chi connectivity index (χ1n) is 10.4. The van der Waals surface area contributed by atoms with Gasteiger partial charge in [-0.3, -0.25) is 9.59 Å². The molecule has 3 aromatic rings. The number of imide groups is 1. The molecule has 0 spiro atoms. The fourth-order valence-corrected chi connectivity index (χ4v) is 4.31. The molecule has 0 N–H and O–H groups in total. The summed E-state index contributed by atoms with van der Waals surface area (Å²) >= 11 is 6.78. The van der Waals surface area contributed by atoms with Gasteiger partial charge in [0, 0.05) is 10.6 Å². The van der Waals surface area contributed by atoms with Crippen LogP contribution >= 0.6 is 23.4 Å². The third-order valence-corrected chi connectivity index (χ3v) is 6.09. The van der Waals surface area contributed by atoms with Crippen LogP contribution in [0.5, 0.6) is 11.5 Å². The van der Waals surface area contributed by atoms with Crippen LogP contribution in [0.2, 0.25) is 5.02 Å². The van der Waals surface area contributed by atoms with Crippen LogP contribution in [0.25, 0.3) is 6.08 Å². The summed E-state index contributed by atoms with van der Waals surface area (Å²) in [6.07, 6.45) is 1.65. The van der Waals surface area contributed by atoms with E-state index < -0.39 is 5.91 Å². The van der Waals surface area contributed by atoms with Gasteiger partial charge in [0.2, 0.25) is 0 Å². The van der Waals surface area contributed by atoms with Gasteiger partial charge < -0.3 is 9.47 Å². The van der Waals surface area contributed by atoms with Crippen molar-refractivity contribution >= 4 is 46.3 Å². The quantitative estimate of drug-likeness (QED) is 0.355. The molecular formula is C26H19ClN2O4S. The highest BCUT2D eigenvalue weighted by Crippen LogP contribution is 2.37. The van der Waals surface area contributed by atoms with Crippen molar-refractivity contribution in [2.45, 2.75) is 13.5 Å². The van der Waals surface area contributed by atoms with Crippen molar-refractivity contribution < 1.29 is 19.1 Å². The van der Waals surface area contributed by atoms with Gasteiger partial charge in [-0.2, -0.15) is 5.26 Å². The molecule has 3 aromatic carbocycles. The van der Waals surface area contributed by atoms with Gasteiger partial charge in [0.15, 0.2) is 11.5 Å². The molecule has 0 bridgehead atoms. The Morgan fingerprint density at radius 1 is 1.03 bits per heavy atom. The van der Waals surface area contributed by atoms with Crippen molar-refractivity contribution in [3.05, 3.63) is 93.3 Å². The van der Waals surface area contributed by atoms with Gasteiger partial charge in [-0.15, -0.1) is 0 Å². The van der Waals surface area contributed by atoms with Crippen molar-refractivity contribution in [2.24, 2.45) is 0 Å². The zero-order chi connectivity index (χ0) is 24.1. The molecule has 0 saturated carbocycles. The van der Waals surface area contributed by atoms with Crippen LogP contribution in [-0.2, 0) is 11.4 Å². The minimum absolute atomic E-state index is 0.211. The summed E-state index contributed by atoms with van der Waals surface area (Å²) in [6, 6.07) is 21.2. The number of rotatable bonds is 7. The largest absolute Gasteiger partial charge is 0.490 e. The van der Waals surface area contributed by atoms with Crippen LogP contribution in [0.3, 0.4) is 0 Å². The first-order valence-corrected chi connectivity index (χ1v) is 11.6. The van der Waals surface area contributed by atoms with E-state index >= 15 is 0 Å². The highest BCUT2D eigenvalue weighted by atomic mass is 35.5. The zero-order valence-corrected chi connectivity index (χ0v) is 19.7. The Labute approximate surface area is 206 Å². The molecule has 0 atom stereocenters. The lowest BCUT2D eigenvalue weighted by atomic mass is 10.1. The number of carbonyl (C=O) groups excluding carboxylic acids is 2. The maximum atomic E-state index is 12.9. The number of nitriles is 1. The Morgan fingerprint density at radius 2 is 1.79 bits per heavy atom.